The van der Waals surface area contributed by atoms with Crippen LogP contribution in [0.1, 0.15) is 11.1 Å². The van der Waals surface area contributed by atoms with Gasteiger partial charge in [0.15, 0.2) is 0 Å². The number of carbonyl (C=O) groups excluding carboxylic acids is 1. The summed E-state index contributed by atoms with van der Waals surface area (Å²) in [6.45, 7) is 0.155. The molecule has 5 nitrogen and oxygen atoms in total. The molecule has 1 N–H and O–H groups in total. The van der Waals surface area contributed by atoms with Gasteiger partial charge in [0.05, 0.1) is 12.3 Å². The maximum atomic E-state index is 12.1. The van der Waals surface area contributed by atoms with E-state index >= 15 is 0 Å². The Labute approximate surface area is 147 Å². The molecule has 0 heterocycles. The first kappa shape index (κ1) is 18.4. The van der Waals surface area contributed by atoms with Crippen LogP contribution in [0, 0.1) is 0 Å². The van der Waals surface area contributed by atoms with Crippen molar-refractivity contribution in [1.29, 1.82) is 0 Å². The number of halogens is 1. The third-order valence-electron chi connectivity index (χ3n) is 3.38. The second-order valence-corrected chi connectivity index (χ2v) is 7.69. The van der Waals surface area contributed by atoms with Gasteiger partial charge in [0.25, 0.3) is 0 Å². The van der Waals surface area contributed by atoms with Gasteiger partial charge in [-0.1, -0.05) is 54.1 Å². The van der Waals surface area contributed by atoms with Crippen LogP contribution in [0.2, 0.25) is 5.02 Å². The van der Waals surface area contributed by atoms with Gasteiger partial charge < -0.3 is 4.90 Å². The number of hydrogen-bond acceptors (Lipinski definition) is 3. The molecule has 2 aromatic rings. The van der Waals surface area contributed by atoms with Crippen molar-refractivity contribution in [3.8, 4) is 0 Å². The molecule has 128 valence electrons. The molecule has 0 saturated heterocycles. The van der Waals surface area contributed by atoms with Gasteiger partial charge in [-0.25, -0.2) is 13.1 Å². The predicted octanol–water partition coefficient (Wildman–Crippen LogP) is 2.42. The molecule has 0 spiro atoms. The highest BCUT2D eigenvalue weighted by Crippen LogP contribution is 2.12. The van der Waals surface area contributed by atoms with Crippen molar-refractivity contribution in [2.45, 2.75) is 12.3 Å². The lowest BCUT2D eigenvalue weighted by molar-refractivity contribution is -0.129. The van der Waals surface area contributed by atoms with Gasteiger partial charge in [0.2, 0.25) is 15.9 Å². The van der Waals surface area contributed by atoms with E-state index in [9.17, 15) is 13.2 Å². The van der Waals surface area contributed by atoms with Crippen molar-refractivity contribution >= 4 is 27.5 Å². The number of sulfonamides is 1. The summed E-state index contributed by atoms with van der Waals surface area (Å²) in [6, 6.07) is 16.1. The molecule has 7 heteroatoms. The summed E-state index contributed by atoms with van der Waals surface area (Å²) in [5.74, 6) is -0.517. The van der Waals surface area contributed by atoms with E-state index in [4.69, 9.17) is 11.6 Å². The molecule has 2 aromatic carbocycles. The molecule has 0 aromatic heterocycles. The van der Waals surface area contributed by atoms with Crippen LogP contribution >= 0.6 is 11.6 Å². The molecule has 0 atom stereocenters. The molecule has 0 aliphatic rings. The minimum atomic E-state index is -3.61. The summed E-state index contributed by atoms with van der Waals surface area (Å²) in [5, 5.41) is 0.473. The zero-order chi connectivity index (χ0) is 17.6. The van der Waals surface area contributed by atoms with E-state index in [1.165, 1.54) is 4.90 Å². The minimum Gasteiger partial charge on any atom is -0.340 e. The van der Waals surface area contributed by atoms with Crippen molar-refractivity contribution < 1.29 is 13.2 Å². The maximum absolute atomic E-state index is 12.1. The fraction of sp³-hybridized carbons (Fsp3) is 0.235. The number of rotatable bonds is 7. The predicted molar refractivity (Wildman–Crippen MR) is 95.0 cm³/mol. The van der Waals surface area contributed by atoms with Gasteiger partial charge in [-0.2, -0.15) is 0 Å². The highest BCUT2D eigenvalue weighted by molar-refractivity contribution is 7.88. The van der Waals surface area contributed by atoms with E-state index in [2.05, 4.69) is 4.72 Å². The molecule has 0 saturated carbocycles. The Morgan fingerprint density at radius 3 is 2.42 bits per heavy atom. The lowest BCUT2D eigenvalue weighted by Gasteiger charge is -2.17. The summed E-state index contributed by atoms with van der Waals surface area (Å²) in [6.07, 6.45) is 0. The minimum absolute atomic E-state index is 0.219. The maximum Gasteiger partial charge on any atom is 0.237 e. The van der Waals surface area contributed by atoms with Gasteiger partial charge >= 0.3 is 0 Å². The Balaban J connectivity index is 1.87. The average molecular weight is 367 g/mol. The Morgan fingerprint density at radius 1 is 1.08 bits per heavy atom. The fourth-order valence-corrected chi connectivity index (χ4v) is 3.43. The normalized spacial score (nSPS) is 11.2. The van der Waals surface area contributed by atoms with Crippen LogP contribution in [0.15, 0.2) is 54.6 Å². The van der Waals surface area contributed by atoms with Crippen LogP contribution in [0.25, 0.3) is 0 Å². The first-order valence-corrected chi connectivity index (χ1v) is 9.38. The highest BCUT2D eigenvalue weighted by Gasteiger charge is 2.16. The van der Waals surface area contributed by atoms with Crippen LogP contribution in [-0.4, -0.2) is 32.8 Å². The number of likely N-dealkylation sites (N-methyl/N-ethyl adjacent to an activating group) is 1. The number of nitrogens with one attached hydrogen (secondary N) is 1. The summed E-state index contributed by atoms with van der Waals surface area (Å²) >= 11 is 5.84. The molecule has 0 fully saturated rings. The summed E-state index contributed by atoms with van der Waals surface area (Å²) in [7, 11) is -1.97. The molecular weight excluding hydrogens is 348 g/mol. The van der Waals surface area contributed by atoms with Gasteiger partial charge in [-0.3, -0.25) is 4.79 Å². The smallest absolute Gasteiger partial charge is 0.237 e. The zero-order valence-electron chi connectivity index (χ0n) is 13.3. The lowest BCUT2D eigenvalue weighted by atomic mass is 10.2. The Kier molecular flexibility index (Phi) is 6.36. The van der Waals surface area contributed by atoms with Gasteiger partial charge in [0.1, 0.15) is 0 Å². The number of nitrogens with zero attached hydrogens (tertiary/aromatic N) is 1. The van der Waals surface area contributed by atoms with Gasteiger partial charge in [-0.05, 0) is 23.3 Å². The van der Waals surface area contributed by atoms with E-state index in [1.54, 1.807) is 31.3 Å². The fourth-order valence-electron chi connectivity index (χ4n) is 2.15. The molecule has 0 unspecified atom stereocenters. The van der Waals surface area contributed by atoms with Crippen LogP contribution in [0.4, 0.5) is 0 Å². The molecular formula is C17H19ClN2O3S. The summed E-state index contributed by atoms with van der Waals surface area (Å²) in [5.41, 5.74) is 1.55. The number of benzene rings is 2. The lowest BCUT2D eigenvalue weighted by Crippen LogP contribution is -2.38. The van der Waals surface area contributed by atoms with Crippen molar-refractivity contribution in [3.63, 3.8) is 0 Å². The summed E-state index contributed by atoms with van der Waals surface area (Å²) in [4.78, 5) is 13.6. The van der Waals surface area contributed by atoms with Crippen LogP contribution in [0.3, 0.4) is 0 Å². The van der Waals surface area contributed by atoms with E-state index in [1.807, 2.05) is 30.3 Å². The molecule has 0 aliphatic carbocycles. The monoisotopic (exact) mass is 366 g/mol. The van der Waals surface area contributed by atoms with Crippen LogP contribution < -0.4 is 4.72 Å². The average Bonchev–Trinajstić information content (AvgIpc) is 2.53. The Bertz CT molecular complexity index is 794. The second-order valence-electron chi connectivity index (χ2n) is 5.45. The van der Waals surface area contributed by atoms with Crippen molar-refractivity contribution in [2.75, 3.05) is 13.6 Å². The van der Waals surface area contributed by atoms with Gasteiger partial charge in [0, 0.05) is 18.6 Å². The van der Waals surface area contributed by atoms with Crippen LogP contribution in [0.5, 0.6) is 0 Å². The van der Waals surface area contributed by atoms with Crippen LogP contribution in [-0.2, 0) is 27.1 Å². The highest BCUT2D eigenvalue weighted by atomic mass is 35.5. The van der Waals surface area contributed by atoms with Crippen molar-refractivity contribution in [3.05, 3.63) is 70.7 Å². The van der Waals surface area contributed by atoms with E-state index in [0.29, 0.717) is 17.1 Å². The van der Waals surface area contributed by atoms with E-state index in [0.717, 1.165) is 5.56 Å². The zero-order valence-corrected chi connectivity index (χ0v) is 14.8. The van der Waals surface area contributed by atoms with Crippen molar-refractivity contribution in [1.82, 2.24) is 9.62 Å². The molecule has 0 bridgehead atoms. The molecule has 24 heavy (non-hydrogen) atoms. The SMILES string of the molecule is CN(Cc1ccccc1)C(=O)CNS(=O)(=O)Cc1cccc(Cl)c1. The number of hydrogen-bond donors (Lipinski definition) is 1. The quantitative estimate of drug-likeness (QED) is 0.818. The number of carbonyl (C=O) groups is 1. The summed E-state index contributed by atoms with van der Waals surface area (Å²) < 4.78 is 26.5. The van der Waals surface area contributed by atoms with Crippen molar-refractivity contribution in [2.24, 2.45) is 0 Å². The number of amides is 1. The topological polar surface area (TPSA) is 66.5 Å². The first-order valence-electron chi connectivity index (χ1n) is 7.35. The molecule has 2 rings (SSSR count). The standard InChI is InChI=1S/C17H19ClN2O3S/c1-20(12-14-6-3-2-4-7-14)17(21)11-19-24(22,23)13-15-8-5-9-16(18)10-15/h2-10,19H,11-13H2,1H3. The third-order valence-corrected chi connectivity index (χ3v) is 4.91. The van der Waals surface area contributed by atoms with Gasteiger partial charge in [-0.15, -0.1) is 0 Å². The molecule has 0 radical (unpaired) electrons. The Hall–Kier alpha value is -1.89. The van der Waals surface area contributed by atoms with E-state index in [-0.39, 0.29) is 18.2 Å². The second kappa shape index (κ2) is 8.28. The largest absolute Gasteiger partial charge is 0.340 e. The first-order chi connectivity index (χ1) is 11.4. The Morgan fingerprint density at radius 2 is 1.75 bits per heavy atom. The molecule has 0 aliphatic heterocycles. The van der Waals surface area contributed by atoms with E-state index < -0.39 is 10.0 Å². The third kappa shape index (κ3) is 5.96. The molecule has 1 amide bonds.